The van der Waals surface area contributed by atoms with Crippen LogP contribution in [0.3, 0.4) is 0 Å². The predicted octanol–water partition coefficient (Wildman–Crippen LogP) is 3.40. The summed E-state index contributed by atoms with van der Waals surface area (Å²) in [6, 6.07) is 11.9. The number of aryl methyl sites for hydroxylation is 1. The number of fused-ring (bicyclic) bond motifs is 2. The number of benzene rings is 1. The molecule has 1 N–H and O–H groups in total. The highest BCUT2D eigenvalue weighted by Gasteiger charge is 2.11. The maximum absolute atomic E-state index is 4.50. The van der Waals surface area contributed by atoms with Gasteiger partial charge in [-0.1, -0.05) is 0 Å². The zero-order valence-electron chi connectivity index (χ0n) is 14.1. The van der Waals surface area contributed by atoms with Crippen LogP contribution in [-0.4, -0.2) is 40.0 Å². The van der Waals surface area contributed by atoms with E-state index >= 15 is 0 Å². The molecule has 0 aliphatic rings. The molecule has 8 nitrogen and oxygen atoms in total. The van der Waals surface area contributed by atoms with Gasteiger partial charge in [0.2, 0.25) is 5.16 Å². The third-order valence-electron chi connectivity index (χ3n) is 3.85. The molecular weight excluding hydrogens is 380 g/mol. The van der Waals surface area contributed by atoms with Crippen molar-refractivity contribution in [1.29, 1.82) is 0 Å². The second-order valence-corrected chi connectivity index (χ2v) is 7.78. The molecule has 132 valence electrons. The van der Waals surface area contributed by atoms with Gasteiger partial charge in [0.05, 0.1) is 11.2 Å². The fraction of sp³-hybridized carbons (Fsp3) is 0.0588. The molecule has 0 atom stereocenters. The van der Waals surface area contributed by atoms with E-state index in [9.17, 15) is 0 Å². The lowest BCUT2D eigenvalue weighted by Crippen LogP contribution is -1.95. The van der Waals surface area contributed by atoms with E-state index in [-0.39, 0.29) is 0 Å². The Morgan fingerprint density at radius 3 is 2.85 bits per heavy atom. The zero-order chi connectivity index (χ0) is 18.2. The largest absolute Gasteiger partial charge is 0.256 e. The van der Waals surface area contributed by atoms with Crippen LogP contribution in [-0.2, 0) is 0 Å². The van der Waals surface area contributed by atoms with Crippen molar-refractivity contribution < 1.29 is 0 Å². The van der Waals surface area contributed by atoms with Crippen LogP contribution < -0.4 is 0 Å². The number of hydrogen-bond donors (Lipinski definition) is 1. The summed E-state index contributed by atoms with van der Waals surface area (Å²) in [5.74, 6) is 0. The number of H-pyrrole nitrogens is 1. The SMILES string of the molecule is Cc1ccc2nnc(Sc3ccc4nccc(Sc5ncn[nH]5)c4c3)n2n1. The third-order valence-corrected chi connectivity index (χ3v) is 5.74. The van der Waals surface area contributed by atoms with Crippen molar-refractivity contribution in [2.24, 2.45) is 0 Å². The molecule has 0 fully saturated rings. The number of hydrogen-bond acceptors (Lipinski definition) is 8. The van der Waals surface area contributed by atoms with Crippen LogP contribution >= 0.6 is 23.5 Å². The van der Waals surface area contributed by atoms with Crippen LogP contribution in [0.15, 0.2) is 69.0 Å². The molecule has 0 amide bonds. The first-order valence-electron chi connectivity index (χ1n) is 8.05. The molecule has 0 aliphatic carbocycles. The van der Waals surface area contributed by atoms with Gasteiger partial charge in [0.25, 0.3) is 0 Å². The van der Waals surface area contributed by atoms with Crippen LogP contribution in [0.4, 0.5) is 0 Å². The topological polar surface area (TPSA) is 97.5 Å². The molecule has 27 heavy (non-hydrogen) atoms. The van der Waals surface area contributed by atoms with E-state index < -0.39 is 0 Å². The van der Waals surface area contributed by atoms with Gasteiger partial charge >= 0.3 is 0 Å². The van der Waals surface area contributed by atoms with Gasteiger partial charge < -0.3 is 0 Å². The Balaban J connectivity index is 1.54. The summed E-state index contributed by atoms with van der Waals surface area (Å²) >= 11 is 3.04. The van der Waals surface area contributed by atoms with Crippen LogP contribution in [0, 0.1) is 6.92 Å². The first-order valence-corrected chi connectivity index (χ1v) is 9.68. The molecule has 0 aliphatic heterocycles. The van der Waals surface area contributed by atoms with Gasteiger partial charge in [-0.05, 0) is 66.8 Å². The summed E-state index contributed by atoms with van der Waals surface area (Å²) in [7, 11) is 0. The fourth-order valence-corrected chi connectivity index (χ4v) is 4.27. The highest BCUT2D eigenvalue weighted by Crippen LogP contribution is 2.34. The number of nitrogens with zero attached hydrogens (tertiary/aromatic N) is 7. The summed E-state index contributed by atoms with van der Waals surface area (Å²) in [5, 5.41) is 22.2. The Kier molecular flexibility index (Phi) is 3.98. The van der Waals surface area contributed by atoms with Gasteiger partial charge in [-0.15, -0.1) is 10.2 Å². The van der Waals surface area contributed by atoms with Crippen LogP contribution in [0.1, 0.15) is 5.69 Å². The third kappa shape index (κ3) is 3.13. The van der Waals surface area contributed by atoms with Gasteiger partial charge in [0.15, 0.2) is 10.8 Å². The van der Waals surface area contributed by atoms with E-state index in [1.54, 1.807) is 10.7 Å². The van der Waals surface area contributed by atoms with Gasteiger partial charge in [-0.2, -0.15) is 14.7 Å². The summed E-state index contributed by atoms with van der Waals surface area (Å²) in [6.07, 6.45) is 3.30. The molecule has 4 aromatic heterocycles. The molecule has 1 aromatic carbocycles. The predicted molar refractivity (Wildman–Crippen MR) is 102 cm³/mol. The first kappa shape index (κ1) is 16.2. The minimum absolute atomic E-state index is 0.723. The van der Waals surface area contributed by atoms with Crippen molar-refractivity contribution in [3.8, 4) is 0 Å². The summed E-state index contributed by atoms with van der Waals surface area (Å²) in [6.45, 7) is 1.95. The summed E-state index contributed by atoms with van der Waals surface area (Å²) in [4.78, 5) is 10.7. The lowest BCUT2D eigenvalue weighted by molar-refractivity contribution is 0.792. The van der Waals surface area contributed by atoms with E-state index in [4.69, 9.17) is 0 Å². The Morgan fingerprint density at radius 2 is 1.96 bits per heavy atom. The Labute approximate surface area is 161 Å². The van der Waals surface area contributed by atoms with E-state index in [1.807, 2.05) is 37.3 Å². The second-order valence-electron chi connectivity index (χ2n) is 5.71. The maximum Gasteiger partial charge on any atom is 0.217 e. The van der Waals surface area contributed by atoms with Crippen molar-refractivity contribution >= 4 is 40.1 Å². The lowest BCUT2D eigenvalue weighted by atomic mass is 10.2. The zero-order valence-corrected chi connectivity index (χ0v) is 15.7. The molecule has 5 rings (SSSR count). The molecule has 0 saturated heterocycles. The average molecular weight is 392 g/mol. The van der Waals surface area contributed by atoms with E-state index in [0.717, 1.165) is 42.3 Å². The molecular formula is C17H12N8S2. The van der Waals surface area contributed by atoms with E-state index in [2.05, 4.69) is 41.5 Å². The Bertz CT molecular complexity index is 1250. The standard InChI is InChI=1S/C17H12N8S2/c1-10-2-5-15-21-23-17(25(15)24-10)26-11-3-4-13-12(8-11)14(6-7-18-13)27-16-19-9-20-22-16/h2-9H,1H3,(H,19,20,22). The molecule has 0 radical (unpaired) electrons. The van der Waals surface area contributed by atoms with Gasteiger partial charge in [0.1, 0.15) is 6.33 Å². The molecule has 0 unspecified atom stereocenters. The molecule has 4 heterocycles. The van der Waals surface area contributed by atoms with E-state index in [0.29, 0.717) is 0 Å². The summed E-state index contributed by atoms with van der Waals surface area (Å²) in [5.41, 5.74) is 2.56. The maximum atomic E-state index is 4.50. The number of aromatic amines is 1. The van der Waals surface area contributed by atoms with Gasteiger partial charge in [-0.3, -0.25) is 10.1 Å². The van der Waals surface area contributed by atoms with Crippen molar-refractivity contribution in [2.75, 3.05) is 0 Å². The quantitative estimate of drug-likeness (QED) is 0.497. The van der Waals surface area contributed by atoms with Gasteiger partial charge in [0, 0.05) is 21.4 Å². The second kappa shape index (κ2) is 6.63. The molecule has 10 heteroatoms. The lowest BCUT2D eigenvalue weighted by Gasteiger charge is -2.06. The monoisotopic (exact) mass is 392 g/mol. The van der Waals surface area contributed by atoms with Crippen molar-refractivity contribution in [1.82, 2.24) is 40.0 Å². The normalized spacial score (nSPS) is 11.4. The fourth-order valence-electron chi connectivity index (χ4n) is 2.63. The van der Waals surface area contributed by atoms with Crippen molar-refractivity contribution in [3.05, 3.63) is 54.6 Å². The number of aromatic nitrogens is 8. The minimum atomic E-state index is 0.723. The van der Waals surface area contributed by atoms with Crippen LogP contribution in [0.2, 0.25) is 0 Å². The van der Waals surface area contributed by atoms with Crippen LogP contribution in [0.5, 0.6) is 0 Å². The Hall–Kier alpha value is -2.98. The molecule has 5 aromatic rings. The van der Waals surface area contributed by atoms with Gasteiger partial charge in [-0.25, -0.2) is 4.98 Å². The molecule has 0 saturated carbocycles. The highest BCUT2D eigenvalue weighted by molar-refractivity contribution is 7.99. The van der Waals surface area contributed by atoms with E-state index in [1.165, 1.54) is 29.9 Å². The Morgan fingerprint density at radius 1 is 1.00 bits per heavy atom. The number of rotatable bonds is 4. The molecule has 0 bridgehead atoms. The van der Waals surface area contributed by atoms with Crippen LogP contribution in [0.25, 0.3) is 16.6 Å². The summed E-state index contributed by atoms with van der Waals surface area (Å²) < 4.78 is 1.76. The first-order chi connectivity index (χ1) is 13.3. The van der Waals surface area contributed by atoms with Crippen molar-refractivity contribution in [3.63, 3.8) is 0 Å². The minimum Gasteiger partial charge on any atom is -0.256 e. The molecule has 0 spiro atoms. The smallest absolute Gasteiger partial charge is 0.217 e. The number of nitrogens with one attached hydrogen (secondary N) is 1. The highest BCUT2D eigenvalue weighted by atomic mass is 32.2. The number of pyridine rings is 1. The average Bonchev–Trinajstić information content (AvgIpc) is 3.32. The van der Waals surface area contributed by atoms with Crippen molar-refractivity contribution in [2.45, 2.75) is 27.0 Å².